The third-order valence-electron chi connectivity index (χ3n) is 2.18. The van der Waals surface area contributed by atoms with Crippen molar-refractivity contribution >= 4 is 73.7 Å². The van der Waals surface area contributed by atoms with Gasteiger partial charge in [0.05, 0.1) is 4.90 Å². The van der Waals surface area contributed by atoms with Crippen LogP contribution in [-0.2, 0) is 9.05 Å². The van der Waals surface area contributed by atoms with Gasteiger partial charge in [0.15, 0.2) is 0 Å². The molecule has 0 saturated carbocycles. The summed E-state index contributed by atoms with van der Waals surface area (Å²) >= 11 is 5.76. The molecule has 0 saturated heterocycles. The second kappa shape index (κ2) is 7.41. The zero-order chi connectivity index (χ0) is 13.2. The molecule has 1 radical (unpaired) electrons. The Morgan fingerprint density at radius 3 is 2.26 bits per heavy atom. The van der Waals surface area contributed by atoms with Gasteiger partial charge in [0.2, 0.25) is 0 Å². The van der Waals surface area contributed by atoms with Gasteiger partial charge in [-0.1, -0.05) is 30.0 Å². The minimum atomic E-state index is -3.71. The molecule has 0 aromatic heterocycles. The summed E-state index contributed by atoms with van der Waals surface area (Å²) in [6.45, 7) is 0. The summed E-state index contributed by atoms with van der Waals surface area (Å²) in [4.78, 5) is 2.57. The molecule has 0 heterocycles. The molecule has 2 nitrogen and oxygen atoms in total. The van der Waals surface area contributed by atoms with Crippen molar-refractivity contribution in [1.29, 1.82) is 0 Å². The van der Waals surface area contributed by atoms with Crippen molar-refractivity contribution in [2.45, 2.75) is 19.6 Å². The first-order chi connectivity index (χ1) is 8.47. The van der Waals surface area contributed by atoms with E-state index in [1.165, 1.54) is 23.9 Å². The first kappa shape index (κ1) is 17.4. The minimum Gasteiger partial charge on any atom is -0.207 e. The van der Waals surface area contributed by atoms with Crippen molar-refractivity contribution in [3.8, 4) is 0 Å². The van der Waals surface area contributed by atoms with E-state index in [-0.39, 0.29) is 34.5 Å². The van der Waals surface area contributed by atoms with Crippen LogP contribution < -0.4 is 0 Å². The van der Waals surface area contributed by atoms with Gasteiger partial charge < -0.3 is 0 Å². The molecule has 0 fully saturated rings. The van der Waals surface area contributed by atoms with Gasteiger partial charge >= 0.3 is 0 Å². The maximum Gasteiger partial charge on any atom is 0.261 e. The maximum absolute atomic E-state index is 11.3. The quantitative estimate of drug-likeness (QED) is 0.526. The Bertz CT molecular complexity index is 660. The Hall–Kier alpha value is 0.380. The monoisotopic (exact) mass is 339 g/mol. The second-order valence-corrected chi connectivity index (χ2v) is 7.65. The van der Waals surface area contributed by atoms with E-state index in [2.05, 4.69) is 12.6 Å². The molecule has 0 bridgehead atoms. The van der Waals surface area contributed by atoms with Crippen LogP contribution in [0.2, 0.25) is 0 Å². The van der Waals surface area contributed by atoms with Crippen LogP contribution in [-0.4, -0.2) is 38.0 Å². The summed E-state index contributed by atoms with van der Waals surface area (Å²) in [5.74, 6) is 0. The molecule has 2 aromatic rings. The topological polar surface area (TPSA) is 34.1 Å². The third-order valence-corrected chi connectivity index (χ3v) is 5.14. The summed E-state index contributed by atoms with van der Waals surface area (Å²) in [6, 6.07) is 14.3. The number of thiol groups is 1. The predicted molar refractivity (Wildman–Crippen MR) is 83.1 cm³/mol. The van der Waals surface area contributed by atoms with E-state index >= 15 is 0 Å². The van der Waals surface area contributed by atoms with Crippen molar-refractivity contribution in [3.63, 3.8) is 0 Å². The summed E-state index contributed by atoms with van der Waals surface area (Å²) in [7, 11) is 1.61. The molecule has 0 aliphatic rings. The summed E-state index contributed by atoms with van der Waals surface area (Å²) in [6.07, 6.45) is 0. The molecule has 0 atom stereocenters. The van der Waals surface area contributed by atoms with Crippen LogP contribution in [0.5, 0.6) is 0 Å². The third kappa shape index (κ3) is 5.01. The Balaban J connectivity index is 0.00000180. The van der Waals surface area contributed by atoms with Gasteiger partial charge in [0, 0.05) is 54.9 Å². The smallest absolute Gasteiger partial charge is 0.207 e. The van der Waals surface area contributed by atoms with Gasteiger partial charge in [-0.25, -0.2) is 8.42 Å². The van der Waals surface area contributed by atoms with Gasteiger partial charge in [-0.05, 0) is 30.3 Å². The number of rotatable bonds is 3. The number of hydrogen-bond acceptors (Lipinski definition) is 4. The van der Waals surface area contributed by atoms with Gasteiger partial charge in [0.25, 0.3) is 9.05 Å². The number of hydrogen-bond donors (Lipinski definition) is 1. The van der Waals surface area contributed by atoms with E-state index in [1.807, 2.05) is 30.3 Å². The fourth-order valence-corrected chi connectivity index (χ4v) is 3.38. The minimum absolute atomic E-state index is 0. The van der Waals surface area contributed by atoms with E-state index in [9.17, 15) is 8.42 Å². The molecule has 7 heteroatoms. The van der Waals surface area contributed by atoms with E-state index in [1.54, 1.807) is 6.07 Å². The molecule has 0 aliphatic carbocycles. The van der Waals surface area contributed by atoms with Crippen LogP contribution in [0.3, 0.4) is 0 Å². The predicted octanol–water partition coefficient (Wildman–Crippen LogP) is 3.67. The molecule has 0 unspecified atom stereocenters. The molecule has 0 N–H and O–H groups in total. The molecule has 2 rings (SSSR count). The van der Waals surface area contributed by atoms with Crippen molar-refractivity contribution in [3.05, 3.63) is 48.5 Å². The molecule has 0 aliphatic heterocycles. The SMILES string of the molecule is O=S(=O)(Cl)c1ccc(S)c(Sc2ccccc2)c1.[Na]. The van der Waals surface area contributed by atoms with Crippen molar-refractivity contribution < 1.29 is 8.42 Å². The first-order valence-corrected chi connectivity index (χ1v) is 8.55. The van der Waals surface area contributed by atoms with Crippen molar-refractivity contribution in [2.75, 3.05) is 0 Å². The molecule has 19 heavy (non-hydrogen) atoms. The molecular weight excluding hydrogens is 331 g/mol. The number of halogens is 1. The van der Waals surface area contributed by atoms with Gasteiger partial charge in [0.1, 0.15) is 0 Å². The van der Waals surface area contributed by atoms with Crippen LogP contribution >= 0.6 is 35.1 Å². The maximum atomic E-state index is 11.3. The van der Waals surface area contributed by atoms with E-state index in [0.29, 0.717) is 4.90 Å². The van der Waals surface area contributed by atoms with Crippen molar-refractivity contribution in [2.24, 2.45) is 0 Å². The fraction of sp³-hybridized carbons (Fsp3) is 0. The Labute approximate surface area is 149 Å². The molecule has 0 spiro atoms. The fourth-order valence-electron chi connectivity index (χ4n) is 1.34. The number of benzene rings is 2. The van der Waals surface area contributed by atoms with Crippen LogP contribution in [0.1, 0.15) is 0 Å². The standard InChI is InChI=1S/C12H9ClO2S3.Na/c13-18(14,15)10-6-7-11(16)12(8-10)17-9-4-2-1-3-5-9;/h1-8,16H;. The zero-order valence-electron chi connectivity index (χ0n) is 10.1. The van der Waals surface area contributed by atoms with Gasteiger partial charge in [-0.3, -0.25) is 0 Å². The summed E-state index contributed by atoms with van der Waals surface area (Å²) in [5, 5.41) is 0. The molecule has 95 valence electrons. The normalized spacial score (nSPS) is 10.8. The average Bonchev–Trinajstić information content (AvgIpc) is 2.32. The first-order valence-electron chi connectivity index (χ1n) is 4.97. The zero-order valence-corrected chi connectivity index (χ0v) is 15.4. The van der Waals surface area contributed by atoms with Crippen LogP contribution in [0, 0.1) is 0 Å². The Morgan fingerprint density at radius 1 is 1.05 bits per heavy atom. The van der Waals surface area contributed by atoms with E-state index < -0.39 is 9.05 Å². The Morgan fingerprint density at radius 2 is 1.68 bits per heavy atom. The second-order valence-electron chi connectivity index (χ2n) is 3.48. The van der Waals surface area contributed by atoms with Crippen LogP contribution in [0.4, 0.5) is 0 Å². The summed E-state index contributed by atoms with van der Waals surface area (Å²) < 4.78 is 22.6. The van der Waals surface area contributed by atoms with Crippen LogP contribution in [0.25, 0.3) is 0 Å². The molecule has 2 aromatic carbocycles. The Kier molecular flexibility index (Phi) is 6.79. The molecular formula is C12H9ClNaO2S3. The van der Waals surface area contributed by atoms with E-state index in [0.717, 1.165) is 9.79 Å². The van der Waals surface area contributed by atoms with Crippen molar-refractivity contribution in [1.82, 2.24) is 0 Å². The summed E-state index contributed by atoms with van der Waals surface area (Å²) in [5.41, 5.74) is 0. The molecule has 0 amide bonds. The average molecular weight is 340 g/mol. The van der Waals surface area contributed by atoms with Crippen LogP contribution in [0.15, 0.2) is 68.1 Å². The largest absolute Gasteiger partial charge is 0.261 e. The van der Waals surface area contributed by atoms with Gasteiger partial charge in [-0.15, -0.1) is 12.6 Å². The van der Waals surface area contributed by atoms with E-state index in [4.69, 9.17) is 10.7 Å². The van der Waals surface area contributed by atoms with Gasteiger partial charge in [-0.2, -0.15) is 0 Å².